The van der Waals surface area contributed by atoms with Crippen LogP contribution in [-0.4, -0.2) is 32.2 Å². The number of aromatic nitrogens is 4. The largest absolute Gasteiger partial charge is 0.487 e. The van der Waals surface area contributed by atoms with E-state index in [0.29, 0.717) is 35.7 Å². The van der Waals surface area contributed by atoms with E-state index in [1.54, 1.807) is 35.6 Å². The van der Waals surface area contributed by atoms with Crippen molar-refractivity contribution in [3.05, 3.63) is 56.5 Å². The van der Waals surface area contributed by atoms with Crippen molar-refractivity contribution in [2.75, 3.05) is 6.54 Å². The lowest BCUT2D eigenvalue weighted by atomic mass is 10.2. The molecule has 3 aromatic rings. The van der Waals surface area contributed by atoms with Crippen LogP contribution in [-0.2, 0) is 19.6 Å². The maximum Gasteiger partial charge on any atom is 0.251 e. The highest BCUT2D eigenvalue weighted by Gasteiger charge is 2.08. The van der Waals surface area contributed by atoms with E-state index in [9.17, 15) is 4.79 Å². The lowest BCUT2D eigenvalue weighted by molar-refractivity contribution is 0.0954. The van der Waals surface area contributed by atoms with Gasteiger partial charge in [-0.25, -0.2) is 4.98 Å². The molecule has 0 aliphatic carbocycles. The van der Waals surface area contributed by atoms with Gasteiger partial charge in [-0.3, -0.25) is 9.89 Å². The third-order valence-corrected chi connectivity index (χ3v) is 5.09. The standard InChI is InChI=1S/C18H21N5O2S2/c1-3-23-16(21-22-18(23)26)8-9-19-17(24)13-4-6-15(7-5-13)25-10-14-11-27-12(2)20-14/h4-7,11H,3,8-10H2,1-2H3,(H,19,24)(H,22,26). The number of hydrogen-bond acceptors (Lipinski definition) is 6. The fourth-order valence-corrected chi connectivity index (χ4v) is 3.47. The minimum atomic E-state index is -0.131. The zero-order valence-electron chi connectivity index (χ0n) is 15.2. The molecule has 2 aromatic heterocycles. The topological polar surface area (TPSA) is 84.8 Å². The van der Waals surface area contributed by atoms with Crippen LogP contribution in [0.5, 0.6) is 5.75 Å². The molecule has 9 heteroatoms. The Hall–Kier alpha value is -2.52. The van der Waals surface area contributed by atoms with Crippen LogP contribution in [0.3, 0.4) is 0 Å². The number of hydrogen-bond donors (Lipinski definition) is 2. The fourth-order valence-electron chi connectivity index (χ4n) is 2.59. The van der Waals surface area contributed by atoms with Crippen LogP contribution in [0, 0.1) is 11.7 Å². The predicted octanol–water partition coefficient (Wildman–Crippen LogP) is 3.28. The van der Waals surface area contributed by atoms with Gasteiger partial charge in [0.1, 0.15) is 18.2 Å². The Labute approximate surface area is 166 Å². The summed E-state index contributed by atoms with van der Waals surface area (Å²) < 4.78 is 8.21. The van der Waals surface area contributed by atoms with Crippen LogP contribution in [0.15, 0.2) is 29.6 Å². The summed E-state index contributed by atoms with van der Waals surface area (Å²) >= 11 is 6.76. The number of carbonyl (C=O) groups is 1. The van der Waals surface area contributed by atoms with E-state index in [2.05, 4.69) is 20.5 Å². The molecule has 0 aliphatic rings. The number of ether oxygens (including phenoxy) is 1. The molecule has 0 saturated heterocycles. The summed E-state index contributed by atoms with van der Waals surface area (Å²) in [6.45, 7) is 5.63. The van der Waals surface area contributed by atoms with Gasteiger partial charge in [0.25, 0.3) is 5.91 Å². The number of aryl methyl sites for hydroxylation is 1. The zero-order valence-corrected chi connectivity index (χ0v) is 16.8. The molecule has 3 rings (SSSR count). The van der Waals surface area contributed by atoms with Crippen molar-refractivity contribution in [3.8, 4) is 5.75 Å². The van der Waals surface area contributed by atoms with Gasteiger partial charge >= 0.3 is 0 Å². The van der Waals surface area contributed by atoms with Gasteiger partial charge in [0.15, 0.2) is 4.77 Å². The zero-order chi connectivity index (χ0) is 19.2. The quantitative estimate of drug-likeness (QED) is 0.564. The van der Waals surface area contributed by atoms with Crippen LogP contribution in [0.4, 0.5) is 0 Å². The number of nitrogens with one attached hydrogen (secondary N) is 2. The normalized spacial score (nSPS) is 10.7. The molecule has 27 heavy (non-hydrogen) atoms. The number of nitrogens with zero attached hydrogens (tertiary/aromatic N) is 3. The first kappa shape index (κ1) is 19.2. The number of benzene rings is 1. The molecule has 1 amide bonds. The number of carbonyl (C=O) groups excluding carboxylic acids is 1. The maximum atomic E-state index is 12.3. The third-order valence-electron chi connectivity index (χ3n) is 3.96. The molecule has 2 heterocycles. The van der Waals surface area contributed by atoms with Crippen LogP contribution in [0.1, 0.15) is 33.8 Å². The van der Waals surface area contributed by atoms with Gasteiger partial charge in [0.2, 0.25) is 0 Å². The van der Waals surface area contributed by atoms with E-state index < -0.39 is 0 Å². The van der Waals surface area contributed by atoms with Crippen molar-refractivity contribution < 1.29 is 9.53 Å². The van der Waals surface area contributed by atoms with Crippen LogP contribution in [0.25, 0.3) is 0 Å². The monoisotopic (exact) mass is 403 g/mol. The number of rotatable bonds is 8. The van der Waals surface area contributed by atoms with Crippen molar-refractivity contribution in [3.63, 3.8) is 0 Å². The highest BCUT2D eigenvalue weighted by molar-refractivity contribution is 7.71. The van der Waals surface area contributed by atoms with Crippen LogP contribution < -0.4 is 10.1 Å². The summed E-state index contributed by atoms with van der Waals surface area (Å²) in [6.07, 6.45) is 0.612. The van der Waals surface area contributed by atoms with E-state index in [-0.39, 0.29) is 5.91 Å². The molecule has 0 saturated carbocycles. The van der Waals surface area contributed by atoms with Gasteiger partial charge < -0.3 is 14.6 Å². The Morgan fingerprint density at radius 3 is 2.81 bits per heavy atom. The van der Waals surface area contributed by atoms with Gasteiger partial charge in [0, 0.05) is 30.5 Å². The number of thiazole rings is 1. The van der Waals surface area contributed by atoms with Crippen molar-refractivity contribution in [2.24, 2.45) is 0 Å². The Kier molecular flexibility index (Phi) is 6.36. The van der Waals surface area contributed by atoms with Gasteiger partial charge in [-0.05, 0) is 50.3 Å². The molecule has 0 bridgehead atoms. The second kappa shape index (κ2) is 8.92. The molecule has 0 atom stereocenters. The highest BCUT2D eigenvalue weighted by Crippen LogP contribution is 2.15. The molecule has 0 spiro atoms. The number of aromatic amines is 1. The predicted molar refractivity (Wildman–Crippen MR) is 107 cm³/mol. The number of H-pyrrole nitrogens is 1. The average molecular weight is 404 g/mol. The summed E-state index contributed by atoms with van der Waals surface area (Å²) in [4.78, 5) is 16.6. The summed E-state index contributed by atoms with van der Waals surface area (Å²) in [5.41, 5.74) is 1.49. The smallest absolute Gasteiger partial charge is 0.251 e. The van der Waals surface area contributed by atoms with Crippen molar-refractivity contribution in [1.82, 2.24) is 25.1 Å². The minimum absolute atomic E-state index is 0.131. The lowest BCUT2D eigenvalue weighted by Gasteiger charge is -2.08. The number of amides is 1. The Bertz CT molecular complexity index is 959. The Morgan fingerprint density at radius 1 is 1.37 bits per heavy atom. The summed E-state index contributed by atoms with van der Waals surface area (Å²) in [5.74, 6) is 1.41. The molecule has 0 radical (unpaired) electrons. The molecule has 0 aliphatic heterocycles. The van der Waals surface area contributed by atoms with Gasteiger partial charge in [-0.1, -0.05) is 0 Å². The minimum Gasteiger partial charge on any atom is -0.487 e. The first-order chi connectivity index (χ1) is 13.1. The van der Waals surface area contributed by atoms with E-state index in [1.165, 1.54) is 0 Å². The van der Waals surface area contributed by atoms with E-state index in [0.717, 1.165) is 23.1 Å². The molecule has 142 valence electrons. The molecular formula is C18H21N5O2S2. The SMILES string of the molecule is CCn1c(CCNC(=O)c2ccc(OCc3csc(C)n3)cc2)n[nH]c1=S. The van der Waals surface area contributed by atoms with Crippen LogP contribution in [0.2, 0.25) is 0 Å². The first-order valence-electron chi connectivity index (χ1n) is 8.63. The van der Waals surface area contributed by atoms with E-state index in [1.807, 2.05) is 23.8 Å². The third kappa shape index (κ3) is 5.01. The molecule has 0 fully saturated rings. The molecule has 2 N–H and O–H groups in total. The average Bonchev–Trinajstić information content (AvgIpc) is 3.25. The first-order valence-corrected chi connectivity index (χ1v) is 9.91. The maximum absolute atomic E-state index is 12.3. The Morgan fingerprint density at radius 2 is 2.15 bits per heavy atom. The fraction of sp³-hybridized carbons (Fsp3) is 0.333. The molecule has 0 unspecified atom stereocenters. The second-order valence-corrected chi connectivity index (χ2v) is 7.31. The van der Waals surface area contributed by atoms with E-state index >= 15 is 0 Å². The van der Waals surface area contributed by atoms with Crippen molar-refractivity contribution >= 4 is 29.5 Å². The van der Waals surface area contributed by atoms with Crippen LogP contribution >= 0.6 is 23.6 Å². The Balaban J connectivity index is 1.49. The molecular weight excluding hydrogens is 382 g/mol. The molecule has 1 aromatic carbocycles. The summed E-state index contributed by atoms with van der Waals surface area (Å²) in [5, 5.41) is 12.9. The van der Waals surface area contributed by atoms with E-state index in [4.69, 9.17) is 17.0 Å². The molecule has 7 nitrogen and oxygen atoms in total. The lowest BCUT2D eigenvalue weighted by Crippen LogP contribution is -2.26. The van der Waals surface area contributed by atoms with Crippen molar-refractivity contribution in [1.29, 1.82) is 0 Å². The summed E-state index contributed by atoms with van der Waals surface area (Å²) in [7, 11) is 0. The van der Waals surface area contributed by atoms with Gasteiger partial charge in [-0.2, -0.15) is 5.10 Å². The summed E-state index contributed by atoms with van der Waals surface area (Å²) in [6, 6.07) is 7.07. The second-order valence-electron chi connectivity index (χ2n) is 5.87. The highest BCUT2D eigenvalue weighted by atomic mass is 32.1. The van der Waals surface area contributed by atoms with Gasteiger partial charge in [-0.15, -0.1) is 11.3 Å². The van der Waals surface area contributed by atoms with Crippen molar-refractivity contribution in [2.45, 2.75) is 33.4 Å². The van der Waals surface area contributed by atoms with Gasteiger partial charge in [0.05, 0.1) is 10.7 Å².